The van der Waals surface area contributed by atoms with E-state index in [4.69, 9.17) is 14.2 Å². The van der Waals surface area contributed by atoms with Crippen molar-refractivity contribution < 1.29 is 14.2 Å². The molecule has 0 aliphatic rings. The standard InChI is InChI=1S/C22H32N4O3/c1-17(2)16-28-13-5-12-24-22(23-3)26-15-18-6-11-21(25-14-18)29-20-9-7-19(27-4)8-10-20/h6-11,14,17H,5,12-13,15-16H2,1-4H3,(H2,23,24,26). The van der Waals surface area contributed by atoms with Gasteiger partial charge in [-0.2, -0.15) is 0 Å². The first-order valence-electron chi connectivity index (χ1n) is 9.89. The Morgan fingerprint density at radius 3 is 2.45 bits per heavy atom. The van der Waals surface area contributed by atoms with Crippen LogP contribution in [0.2, 0.25) is 0 Å². The molecule has 0 saturated carbocycles. The van der Waals surface area contributed by atoms with Crippen LogP contribution < -0.4 is 20.1 Å². The SMILES string of the molecule is CN=C(NCCCOCC(C)C)NCc1ccc(Oc2ccc(OC)cc2)nc1. The topological polar surface area (TPSA) is 77.0 Å². The molecular formula is C22H32N4O3. The van der Waals surface area contributed by atoms with Crippen molar-refractivity contribution in [3.63, 3.8) is 0 Å². The number of nitrogens with zero attached hydrogens (tertiary/aromatic N) is 2. The Morgan fingerprint density at radius 1 is 1.07 bits per heavy atom. The highest BCUT2D eigenvalue weighted by molar-refractivity contribution is 5.79. The Kier molecular flexibility index (Phi) is 9.78. The molecule has 0 atom stereocenters. The van der Waals surface area contributed by atoms with Crippen molar-refractivity contribution in [1.82, 2.24) is 15.6 Å². The van der Waals surface area contributed by atoms with Crippen molar-refractivity contribution in [2.45, 2.75) is 26.8 Å². The zero-order chi connectivity index (χ0) is 20.9. The fourth-order valence-electron chi connectivity index (χ4n) is 2.45. The molecule has 0 spiro atoms. The van der Waals surface area contributed by atoms with Crippen LogP contribution in [0.5, 0.6) is 17.4 Å². The lowest BCUT2D eigenvalue weighted by Gasteiger charge is -2.12. The van der Waals surface area contributed by atoms with E-state index in [-0.39, 0.29) is 0 Å². The van der Waals surface area contributed by atoms with E-state index in [1.165, 1.54) is 0 Å². The van der Waals surface area contributed by atoms with E-state index < -0.39 is 0 Å². The number of ether oxygens (including phenoxy) is 3. The fourth-order valence-corrected chi connectivity index (χ4v) is 2.45. The molecular weight excluding hydrogens is 368 g/mol. The lowest BCUT2D eigenvalue weighted by Crippen LogP contribution is -2.37. The van der Waals surface area contributed by atoms with Crippen molar-refractivity contribution in [3.05, 3.63) is 48.2 Å². The number of hydrogen-bond donors (Lipinski definition) is 2. The molecule has 1 aromatic carbocycles. The first-order chi connectivity index (χ1) is 14.1. The third kappa shape index (κ3) is 8.83. The van der Waals surface area contributed by atoms with Crippen LogP contribution in [0, 0.1) is 5.92 Å². The molecule has 0 radical (unpaired) electrons. The molecule has 29 heavy (non-hydrogen) atoms. The number of nitrogens with one attached hydrogen (secondary N) is 2. The van der Waals surface area contributed by atoms with Gasteiger partial charge in [-0.3, -0.25) is 4.99 Å². The lowest BCUT2D eigenvalue weighted by molar-refractivity contribution is 0.108. The van der Waals surface area contributed by atoms with Crippen molar-refractivity contribution in [2.24, 2.45) is 10.9 Å². The summed E-state index contributed by atoms with van der Waals surface area (Å²) in [6.07, 6.45) is 2.73. The van der Waals surface area contributed by atoms with Crippen LogP contribution in [0.25, 0.3) is 0 Å². The second kappa shape index (κ2) is 12.6. The van der Waals surface area contributed by atoms with E-state index in [1.54, 1.807) is 20.4 Å². The molecule has 1 heterocycles. The van der Waals surface area contributed by atoms with Gasteiger partial charge in [0.15, 0.2) is 5.96 Å². The van der Waals surface area contributed by atoms with Gasteiger partial charge in [-0.25, -0.2) is 4.98 Å². The normalized spacial score (nSPS) is 11.4. The van der Waals surface area contributed by atoms with Gasteiger partial charge in [0.05, 0.1) is 7.11 Å². The second-order valence-electron chi connectivity index (χ2n) is 6.96. The molecule has 0 fully saturated rings. The number of rotatable bonds is 11. The number of aliphatic imine (C=N–C) groups is 1. The average molecular weight is 401 g/mol. The van der Waals surface area contributed by atoms with E-state index in [0.29, 0.717) is 24.1 Å². The lowest BCUT2D eigenvalue weighted by atomic mass is 10.2. The van der Waals surface area contributed by atoms with Gasteiger partial charge in [0.25, 0.3) is 0 Å². The Labute approximate surface area is 173 Å². The molecule has 2 N–H and O–H groups in total. The Bertz CT molecular complexity index is 731. The largest absolute Gasteiger partial charge is 0.497 e. The number of methoxy groups -OCH3 is 1. The fraction of sp³-hybridized carbons (Fsp3) is 0.455. The highest BCUT2D eigenvalue weighted by atomic mass is 16.5. The molecule has 0 unspecified atom stereocenters. The smallest absolute Gasteiger partial charge is 0.219 e. The summed E-state index contributed by atoms with van der Waals surface area (Å²) in [5.74, 6) is 3.37. The minimum absolute atomic E-state index is 0.544. The summed E-state index contributed by atoms with van der Waals surface area (Å²) in [4.78, 5) is 8.60. The van der Waals surface area contributed by atoms with E-state index in [2.05, 4.69) is 34.5 Å². The van der Waals surface area contributed by atoms with Crippen molar-refractivity contribution in [3.8, 4) is 17.4 Å². The van der Waals surface area contributed by atoms with Gasteiger partial charge in [0.1, 0.15) is 11.5 Å². The van der Waals surface area contributed by atoms with Gasteiger partial charge in [-0.05, 0) is 42.2 Å². The van der Waals surface area contributed by atoms with Gasteiger partial charge in [0, 0.05) is 45.6 Å². The molecule has 158 valence electrons. The molecule has 0 aliphatic heterocycles. The Balaban J connectivity index is 1.71. The van der Waals surface area contributed by atoms with E-state index in [9.17, 15) is 0 Å². The highest BCUT2D eigenvalue weighted by Crippen LogP contribution is 2.22. The van der Waals surface area contributed by atoms with Gasteiger partial charge in [-0.15, -0.1) is 0 Å². The third-order valence-electron chi connectivity index (χ3n) is 3.97. The summed E-state index contributed by atoms with van der Waals surface area (Å²) < 4.78 is 16.5. The Morgan fingerprint density at radius 2 is 1.83 bits per heavy atom. The molecule has 0 amide bonds. The maximum Gasteiger partial charge on any atom is 0.219 e. The summed E-state index contributed by atoms with van der Waals surface area (Å²) in [5.41, 5.74) is 1.04. The molecule has 0 saturated heterocycles. The van der Waals surface area contributed by atoms with Crippen LogP contribution in [0.1, 0.15) is 25.8 Å². The van der Waals surface area contributed by atoms with Crippen LogP contribution in [-0.2, 0) is 11.3 Å². The van der Waals surface area contributed by atoms with Crippen molar-refractivity contribution in [1.29, 1.82) is 0 Å². The molecule has 2 aromatic rings. The predicted molar refractivity (Wildman–Crippen MR) is 116 cm³/mol. The maximum atomic E-state index is 5.74. The first-order valence-corrected chi connectivity index (χ1v) is 9.89. The quantitative estimate of drug-likeness (QED) is 0.341. The number of guanidine groups is 1. The van der Waals surface area contributed by atoms with Crippen molar-refractivity contribution >= 4 is 5.96 Å². The Hall–Kier alpha value is -2.80. The zero-order valence-electron chi connectivity index (χ0n) is 17.8. The van der Waals surface area contributed by atoms with E-state index >= 15 is 0 Å². The molecule has 7 heteroatoms. The average Bonchev–Trinajstić information content (AvgIpc) is 2.74. The van der Waals surface area contributed by atoms with Crippen molar-refractivity contribution in [2.75, 3.05) is 33.9 Å². The summed E-state index contributed by atoms with van der Waals surface area (Å²) in [6.45, 7) is 7.29. The molecule has 7 nitrogen and oxygen atoms in total. The van der Waals surface area contributed by atoms with Crippen LogP contribution in [0.15, 0.2) is 47.6 Å². The molecule has 2 rings (SSSR count). The summed E-state index contributed by atoms with van der Waals surface area (Å²) >= 11 is 0. The van der Waals surface area contributed by atoms with Crippen LogP contribution in [0.4, 0.5) is 0 Å². The van der Waals surface area contributed by atoms with Crippen LogP contribution in [-0.4, -0.2) is 44.9 Å². The van der Waals surface area contributed by atoms with Crippen LogP contribution in [0.3, 0.4) is 0 Å². The van der Waals surface area contributed by atoms with E-state index in [0.717, 1.165) is 43.5 Å². The number of hydrogen-bond acceptors (Lipinski definition) is 5. The summed E-state index contributed by atoms with van der Waals surface area (Å²) in [5, 5.41) is 6.56. The second-order valence-corrected chi connectivity index (χ2v) is 6.96. The summed E-state index contributed by atoms with van der Waals surface area (Å²) in [7, 11) is 3.39. The number of aromatic nitrogens is 1. The van der Waals surface area contributed by atoms with Gasteiger partial charge < -0.3 is 24.8 Å². The molecule has 0 aliphatic carbocycles. The molecule has 1 aromatic heterocycles. The van der Waals surface area contributed by atoms with Crippen LogP contribution >= 0.6 is 0 Å². The van der Waals surface area contributed by atoms with Gasteiger partial charge in [-0.1, -0.05) is 19.9 Å². The monoisotopic (exact) mass is 400 g/mol. The van der Waals surface area contributed by atoms with E-state index in [1.807, 2.05) is 36.4 Å². The first kappa shape index (κ1) is 22.5. The van der Waals surface area contributed by atoms with Gasteiger partial charge in [0.2, 0.25) is 5.88 Å². The maximum absolute atomic E-state index is 5.74. The summed E-state index contributed by atoms with van der Waals surface area (Å²) in [6, 6.07) is 11.2. The third-order valence-corrected chi connectivity index (χ3v) is 3.97. The molecule has 0 bridgehead atoms. The number of benzene rings is 1. The highest BCUT2D eigenvalue weighted by Gasteiger charge is 2.02. The minimum Gasteiger partial charge on any atom is -0.497 e. The number of pyridine rings is 1. The minimum atomic E-state index is 0.544. The van der Waals surface area contributed by atoms with Gasteiger partial charge >= 0.3 is 0 Å². The predicted octanol–water partition coefficient (Wildman–Crippen LogP) is 3.61. The zero-order valence-corrected chi connectivity index (χ0v) is 17.8.